The molecule has 1 N–H and O–H groups in total. The van der Waals surface area contributed by atoms with Gasteiger partial charge >= 0.3 is 15.4 Å². The van der Waals surface area contributed by atoms with Crippen LogP contribution in [0.5, 0.6) is 0 Å². The SMILES string of the molecule is O=S(=O)(O)C(F)(F)COC1CCCCC1N1CCCCC1. The third-order valence-corrected chi connectivity index (χ3v) is 5.24. The Morgan fingerprint density at radius 3 is 2.33 bits per heavy atom. The molecule has 124 valence electrons. The van der Waals surface area contributed by atoms with Crippen molar-refractivity contribution in [1.82, 2.24) is 4.90 Å². The lowest BCUT2D eigenvalue weighted by Gasteiger charge is -2.41. The van der Waals surface area contributed by atoms with Gasteiger partial charge in [0.25, 0.3) is 0 Å². The van der Waals surface area contributed by atoms with Crippen molar-refractivity contribution in [3.8, 4) is 0 Å². The highest BCUT2D eigenvalue weighted by atomic mass is 32.2. The van der Waals surface area contributed by atoms with Crippen molar-refractivity contribution in [2.75, 3.05) is 19.7 Å². The van der Waals surface area contributed by atoms with Gasteiger partial charge in [-0.15, -0.1) is 0 Å². The zero-order chi connectivity index (χ0) is 15.5. The van der Waals surface area contributed by atoms with Gasteiger partial charge in [-0.1, -0.05) is 19.3 Å². The number of likely N-dealkylation sites (tertiary alicyclic amines) is 1. The van der Waals surface area contributed by atoms with Crippen LogP contribution in [0.25, 0.3) is 0 Å². The first-order valence-corrected chi connectivity index (χ1v) is 8.96. The second kappa shape index (κ2) is 6.85. The summed E-state index contributed by atoms with van der Waals surface area (Å²) in [6.45, 7) is 0.610. The maximum Gasteiger partial charge on any atom is 0.392 e. The predicted octanol–water partition coefficient (Wildman–Crippen LogP) is 2.28. The molecule has 0 aromatic heterocycles. The molecule has 0 radical (unpaired) electrons. The van der Waals surface area contributed by atoms with Crippen molar-refractivity contribution in [3.63, 3.8) is 0 Å². The highest BCUT2D eigenvalue weighted by Gasteiger charge is 2.46. The van der Waals surface area contributed by atoms with Gasteiger partial charge in [-0.25, -0.2) is 0 Å². The number of hydrogen-bond acceptors (Lipinski definition) is 4. The van der Waals surface area contributed by atoms with Crippen molar-refractivity contribution < 1.29 is 26.5 Å². The molecule has 0 bridgehead atoms. The van der Waals surface area contributed by atoms with Crippen LogP contribution in [0.1, 0.15) is 44.9 Å². The largest absolute Gasteiger partial charge is 0.392 e. The van der Waals surface area contributed by atoms with E-state index in [-0.39, 0.29) is 12.1 Å². The molecule has 21 heavy (non-hydrogen) atoms. The summed E-state index contributed by atoms with van der Waals surface area (Å²) in [7, 11) is -5.42. The molecule has 1 saturated carbocycles. The maximum absolute atomic E-state index is 13.3. The van der Waals surface area contributed by atoms with E-state index in [1.165, 1.54) is 6.42 Å². The number of hydrogen-bond donors (Lipinski definition) is 1. The van der Waals surface area contributed by atoms with Crippen LogP contribution in [-0.2, 0) is 14.9 Å². The number of rotatable bonds is 5. The summed E-state index contributed by atoms with van der Waals surface area (Å²) in [6.07, 6.45) is 6.49. The van der Waals surface area contributed by atoms with Gasteiger partial charge in [-0.3, -0.25) is 9.45 Å². The van der Waals surface area contributed by atoms with Crippen molar-refractivity contribution in [2.45, 2.75) is 62.3 Å². The monoisotopic (exact) mass is 327 g/mol. The molecule has 0 amide bonds. The van der Waals surface area contributed by atoms with Gasteiger partial charge in [0.05, 0.1) is 6.10 Å². The van der Waals surface area contributed by atoms with E-state index >= 15 is 0 Å². The van der Waals surface area contributed by atoms with Crippen molar-refractivity contribution in [1.29, 1.82) is 0 Å². The first-order chi connectivity index (χ1) is 9.81. The molecule has 2 atom stereocenters. The first-order valence-electron chi connectivity index (χ1n) is 7.52. The van der Waals surface area contributed by atoms with Crippen LogP contribution < -0.4 is 0 Å². The summed E-state index contributed by atoms with van der Waals surface area (Å²) in [6, 6.07) is 0.0799. The molecule has 2 rings (SSSR count). The Morgan fingerprint density at radius 2 is 1.71 bits per heavy atom. The van der Waals surface area contributed by atoms with E-state index in [9.17, 15) is 17.2 Å². The minimum absolute atomic E-state index is 0.0799. The van der Waals surface area contributed by atoms with Crippen LogP contribution in [-0.4, -0.2) is 55.0 Å². The normalized spacial score (nSPS) is 29.5. The number of nitrogens with zero attached hydrogens (tertiary/aromatic N) is 1. The van der Waals surface area contributed by atoms with E-state index in [4.69, 9.17) is 9.29 Å². The molecule has 1 aliphatic heterocycles. The van der Waals surface area contributed by atoms with Gasteiger partial charge < -0.3 is 4.74 Å². The Labute approximate surface area is 124 Å². The minimum atomic E-state index is -5.42. The summed E-state index contributed by atoms with van der Waals surface area (Å²) >= 11 is 0. The molecule has 2 unspecified atom stereocenters. The molecule has 8 heteroatoms. The first kappa shape index (κ1) is 17.1. The van der Waals surface area contributed by atoms with Gasteiger partial charge in [0, 0.05) is 6.04 Å². The molecule has 0 spiro atoms. The Morgan fingerprint density at radius 1 is 1.10 bits per heavy atom. The second-order valence-corrected chi connectivity index (χ2v) is 7.46. The van der Waals surface area contributed by atoms with Gasteiger partial charge in [0.2, 0.25) is 0 Å². The lowest BCUT2D eigenvalue weighted by atomic mass is 9.90. The van der Waals surface area contributed by atoms with Crippen LogP contribution in [0.2, 0.25) is 0 Å². The Hall–Kier alpha value is -0.310. The quantitative estimate of drug-likeness (QED) is 0.785. The standard InChI is InChI=1S/C13H23F2NO4S/c14-13(15,21(17,18)19)10-20-12-7-3-2-6-11(12)16-8-4-1-5-9-16/h11-12H,1-10H2,(H,17,18,19). The maximum atomic E-state index is 13.3. The van der Waals surface area contributed by atoms with Crippen LogP contribution in [0.15, 0.2) is 0 Å². The highest BCUT2D eigenvalue weighted by molar-refractivity contribution is 7.86. The molecule has 1 heterocycles. The van der Waals surface area contributed by atoms with Crippen LogP contribution in [0.4, 0.5) is 8.78 Å². The third kappa shape index (κ3) is 4.34. The molecule has 0 aromatic rings. The van der Waals surface area contributed by atoms with Crippen molar-refractivity contribution >= 4 is 10.1 Å². The molecular weight excluding hydrogens is 304 g/mol. The van der Waals surface area contributed by atoms with E-state index in [2.05, 4.69) is 4.90 Å². The van der Waals surface area contributed by atoms with Gasteiger partial charge in [0.15, 0.2) is 0 Å². The summed E-state index contributed by atoms with van der Waals surface area (Å²) in [5.41, 5.74) is 0. The summed E-state index contributed by atoms with van der Waals surface area (Å²) in [5, 5.41) is -4.24. The molecule has 5 nitrogen and oxygen atoms in total. The average molecular weight is 327 g/mol. The van der Waals surface area contributed by atoms with Crippen molar-refractivity contribution in [3.05, 3.63) is 0 Å². The fourth-order valence-corrected chi connectivity index (χ4v) is 3.43. The van der Waals surface area contributed by atoms with Gasteiger partial charge in [-0.05, 0) is 38.8 Å². The molecule has 2 fully saturated rings. The van der Waals surface area contributed by atoms with Crippen LogP contribution >= 0.6 is 0 Å². The topological polar surface area (TPSA) is 66.8 Å². The van der Waals surface area contributed by atoms with Crippen LogP contribution in [0, 0.1) is 0 Å². The third-order valence-electron chi connectivity index (χ3n) is 4.37. The Bertz CT molecular complexity index is 437. The van der Waals surface area contributed by atoms with Crippen LogP contribution in [0.3, 0.4) is 0 Å². The fourth-order valence-electron chi connectivity index (χ4n) is 3.22. The van der Waals surface area contributed by atoms with E-state index in [1.54, 1.807) is 0 Å². The predicted molar refractivity (Wildman–Crippen MR) is 73.9 cm³/mol. The number of ether oxygens (including phenoxy) is 1. The lowest BCUT2D eigenvalue weighted by molar-refractivity contribution is -0.0927. The molecule has 1 aliphatic carbocycles. The summed E-state index contributed by atoms with van der Waals surface area (Å²) < 4.78 is 61.5. The lowest BCUT2D eigenvalue weighted by Crippen LogP contribution is -2.50. The van der Waals surface area contributed by atoms with E-state index < -0.39 is 22.0 Å². The van der Waals surface area contributed by atoms with Gasteiger partial charge in [0.1, 0.15) is 6.61 Å². The smallest absolute Gasteiger partial charge is 0.369 e. The average Bonchev–Trinajstić information content (AvgIpc) is 2.45. The van der Waals surface area contributed by atoms with E-state index in [1.807, 2.05) is 0 Å². The molecule has 2 aliphatic rings. The number of halogens is 2. The van der Waals surface area contributed by atoms with Crippen molar-refractivity contribution in [2.24, 2.45) is 0 Å². The summed E-state index contributed by atoms with van der Waals surface area (Å²) in [4.78, 5) is 2.28. The molecule has 0 aromatic carbocycles. The zero-order valence-corrected chi connectivity index (χ0v) is 12.8. The van der Waals surface area contributed by atoms with E-state index in [0.717, 1.165) is 45.2 Å². The van der Waals surface area contributed by atoms with E-state index in [0.29, 0.717) is 6.42 Å². The summed E-state index contributed by atoms with van der Waals surface area (Å²) in [5.74, 6) is 0. The fraction of sp³-hybridized carbons (Fsp3) is 1.00. The molecular formula is C13H23F2NO4S. The highest BCUT2D eigenvalue weighted by Crippen LogP contribution is 2.30. The Kier molecular flexibility index (Phi) is 5.56. The van der Waals surface area contributed by atoms with Gasteiger partial charge in [-0.2, -0.15) is 17.2 Å². The minimum Gasteiger partial charge on any atom is -0.369 e. The second-order valence-electron chi connectivity index (χ2n) is 5.91. The number of piperidine rings is 1. The number of alkyl halides is 2. The molecule has 1 saturated heterocycles. The zero-order valence-electron chi connectivity index (χ0n) is 12.0. The Balaban J connectivity index is 1.96.